The molecule has 0 saturated heterocycles. The van der Waals surface area contributed by atoms with Crippen LogP contribution in [-0.2, 0) is 57.2 Å². The van der Waals surface area contributed by atoms with Crippen molar-refractivity contribution >= 4 is 5.97 Å². The Morgan fingerprint density at radius 1 is 1.50 bits per heavy atom. The SMILES string of the molecule is CC(=O)O.[Zr].[Zr]. The standard InChI is InChI=1S/C2H4O2.2Zr/c1-2(3)4;;/h1H3,(H,3,4);;. The van der Waals surface area contributed by atoms with Gasteiger partial charge in [-0.25, -0.2) is 0 Å². The zero-order valence-corrected chi connectivity index (χ0v) is 8.27. The van der Waals surface area contributed by atoms with Crippen molar-refractivity contribution in [3.8, 4) is 0 Å². The van der Waals surface area contributed by atoms with Crippen molar-refractivity contribution in [1.82, 2.24) is 0 Å². The summed E-state index contributed by atoms with van der Waals surface area (Å²) < 4.78 is 0. The number of carbonyl (C=O) groups is 1. The zero-order valence-electron chi connectivity index (χ0n) is 3.36. The number of carboxylic acid groups (broad SMARTS) is 1. The van der Waals surface area contributed by atoms with Gasteiger partial charge in [0.25, 0.3) is 5.97 Å². The molecule has 0 spiro atoms. The Balaban J connectivity index is -0.0000000450. The predicted molar refractivity (Wildman–Crippen MR) is 13.3 cm³/mol. The van der Waals surface area contributed by atoms with Crippen LogP contribution in [0.4, 0.5) is 0 Å². The van der Waals surface area contributed by atoms with Gasteiger partial charge in [-0.15, -0.1) is 0 Å². The average Bonchev–Trinajstić information content (AvgIpc) is 0.811. The molecule has 0 rings (SSSR count). The molecule has 1 N–H and O–H groups in total. The largest absolute Gasteiger partial charge is 0.481 e. The van der Waals surface area contributed by atoms with Gasteiger partial charge in [-0.05, 0) is 0 Å². The zero-order chi connectivity index (χ0) is 3.58. The van der Waals surface area contributed by atoms with Crippen LogP contribution in [0.3, 0.4) is 0 Å². The monoisotopic (exact) mass is 240 g/mol. The van der Waals surface area contributed by atoms with Crippen LogP contribution in [0.5, 0.6) is 0 Å². The van der Waals surface area contributed by atoms with Gasteiger partial charge in [0.2, 0.25) is 0 Å². The van der Waals surface area contributed by atoms with Crippen molar-refractivity contribution in [2.45, 2.75) is 6.92 Å². The van der Waals surface area contributed by atoms with Gasteiger partial charge in [0, 0.05) is 59.3 Å². The molecule has 0 amide bonds. The van der Waals surface area contributed by atoms with Gasteiger partial charge in [-0.2, -0.15) is 0 Å². The summed E-state index contributed by atoms with van der Waals surface area (Å²) in [7, 11) is 0. The van der Waals surface area contributed by atoms with Gasteiger partial charge in [-0.1, -0.05) is 0 Å². The second kappa shape index (κ2) is 9.53. The summed E-state index contributed by atoms with van der Waals surface area (Å²) in [5.74, 6) is -0.833. The Labute approximate surface area is 74.6 Å². The van der Waals surface area contributed by atoms with Gasteiger partial charge in [-0.3, -0.25) is 4.79 Å². The van der Waals surface area contributed by atoms with E-state index >= 15 is 0 Å². The third kappa shape index (κ3) is 61.5. The molecule has 4 heteroatoms. The van der Waals surface area contributed by atoms with Gasteiger partial charge < -0.3 is 5.11 Å². The molecule has 0 saturated carbocycles. The minimum atomic E-state index is -0.833. The molecule has 0 atom stereocenters. The predicted octanol–water partition coefficient (Wildman–Crippen LogP) is 0.0859. The molecule has 0 aliphatic rings. The molecule has 0 radical (unpaired) electrons. The molecule has 0 aromatic rings. The third-order valence-electron chi connectivity index (χ3n) is 0. The van der Waals surface area contributed by atoms with Crippen LogP contribution in [0.1, 0.15) is 6.92 Å². The Kier molecular flexibility index (Phi) is 24.9. The number of hydrogen-bond donors (Lipinski definition) is 1. The Morgan fingerprint density at radius 3 is 1.50 bits per heavy atom. The van der Waals surface area contributed by atoms with Crippen molar-refractivity contribution in [1.29, 1.82) is 0 Å². The topological polar surface area (TPSA) is 37.3 Å². The van der Waals surface area contributed by atoms with E-state index in [4.69, 9.17) is 9.90 Å². The first kappa shape index (κ1) is 15.7. The van der Waals surface area contributed by atoms with Crippen LogP contribution in [0.25, 0.3) is 0 Å². The molecule has 0 heterocycles. The van der Waals surface area contributed by atoms with E-state index in [9.17, 15) is 0 Å². The Morgan fingerprint density at radius 2 is 1.50 bits per heavy atom. The van der Waals surface area contributed by atoms with Crippen molar-refractivity contribution in [3.63, 3.8) is 0 Å². The van der Waals surface area contributed by atoms with E-state index in [-0.39, 0.29) is 52.4 Å². The van der Waals surface area contributed by atoms with Crippen molar-refractivity contribution < 1.29 is 62.3 Å². The molecule has 0 aliphatic carbocycles. The molecule has 0 bridgehead atoms. The maximum absolute atomic E-state index is 9.00. The third-order valence-corrected chi connectivity index (χ3v) is 0. The van der Waals surface area contributed by atoms with Crippen LogP contribution in [0.2, 0.25) is 0 Å². The van der Waals surface area contributed by atoms with E-state index in [0.717, 1.165) is 6.92 Å². The van der Waals surface area contributed by atoms with E-state index in [2.05, 4.69) is 0 Å². The molecule has 0 aromatic heterocycles. The normalized spacial score (nSPS) is 4.17. The summed E-state index contributed by atoms with van der Waals surface area (Å²) in [5, 5.41) is 7.42. The van der Waals surface area contributed by atoms with Gasteiger partial charge in [0.15, 0.2) is 0 Å². The number of aliphatic carboxylic acids is 1. The fourth-order valence-corrected chi connectivity index (χ4v) is 0. The van der Waals surface area contributed by atoms with Crippen molar-refractivity contribution in [2.24, 2.45) is 0 Å². The van der Waals surface area contributed by atoms with Crippen LogP contribution < -0.4 is 0 Å². The van der Waals surface area contributed by atoms with Gasteiger partial charge >= 0.3 is 0 Å². The first-order valence-corrected chi connectivity index (χ1v) is 0.928. The van der Waals surface area contributed by atoms with Crippen molar-refractivity contribution in [2.75, 3.05) is 0 Å². The van der Waals surface area contributed by atoms with Crippen LogP contribution in [-0.4, -0.2) is 11.1 Å². The molecular formula is C2H4O2Zr2. The Bertz CT molecular complexity index is 32.5. The van der Waals surface area contributed by atoms with Crippen LogP contribution >= 0.6 is 0 Å². The molecule has 0 aliphatic heterocycles. The van der Waals surface area contributed by atoms with Crippen molar-refractivity contribution in [3.05, 3.63) is 0 Å². The van der Waals surface area contributed by atoms with Gasteiger partial charge in [0.05, 0.1) is 0 Å². The Hall–Kier alpha value is 1.24. The molecule has 32 valence electrons. The fraction of sp³-hybridized carbons (Fsp3) is 0.500. The first-order chi connectivity index (χ1) is 1.73. The molecule has 0 aromatic carbocycles. The average molecular weight is 242 g/mol. The van der Waals surface area contributed by atoms with E-state index < -0.39 is 5.97 Å². The smallest absolute Gasteiger partial charge is 0.300 e. The summed E-state index contributed by atoms with van der Waals surface area (Å²) in [6.45, 7) is 1.08. The minimum absolute atomic E-state index is 0. The van der Waals surface area contributed by atoms with E-state index in [1.165, 1.54) is 0 Å². The molecule has 0 fully saturated rings. The number of hydrogen-bond acceptors (Lipinski definition) is 1. The van der Waals surface area contributed by atoms with E-state index in [1.807, 2.05) is 0 Å². The summed E-state index contributed by atoms with van der Waals surface area (Å²) in [6.07, 6.45) is 0. The molecule has 0 unspecified atom stereocenters. The van der Waals surface area contributed by atoms with E-state index in [0.29, 0.717) is 0 Å². The van der Waals surface area contributed by atoms with Gasteiger partial charge in [0.1, 0.15) is 0 Å². The van der Waals surface area contributed by atoms with Crippen LogP contribution in [0.15, 0.2) is 0 Å². The molecule has 6 heavy (non-hydrogen) atoms. The minimum Gasteiger partial charge on any atom is -0.481 e. The second-order valence-corrected chi connectivity index (χ2v) is 0.519. The fourth-order valence-electron chi connectivity index (χ4n) is 0. The maximum atomic E-state index is 9.00. The summed E-state index contributed by atoms with van der Waals surface area (Å²) in [4.78, 5) is 9.00. The number of carboxylic acids is 1. The summed E-state index contributed by atoms with van der Waals surface area (Å²) in [5.41, 5.74) is 0. The number of rotatable bonds is 0. The first-order valence-electron chi connectivity index (χ1n) is 0.928. The molecule has 2 nitrogen and oxygen atoms in total. The molecular weight excluding hydrogens is 238 g/mol. The second-order valence-electron chi connectivity index (χ2n) is 0.519. The summed E-state index contributed by atoms with van der Waals surface area (Å²) in [6, 6.07) is 0. The van der Waals surface area contributed by atoms with Crippen LogP contribution in [0, 0.1) is 0 Å². The maximum Gasteiger partial charge on any atom is 0.300 e. The quantitative estimate of drug-likeness (QED) is 0.654. The summed E-state index contributed by atoms with van der Waals surface area (Å²) >= 11 is 0. The van der Waals surface area contributed by atoms with E-state index in [1.54, 1.807) is 0 Å².